The smallest absolute Gasteiger partial charge is 0.343 e. The summed E-state index contributed by atoms with van der Waals surface area (Å²) in [6.45, 7) is 4.47. The molecule has 1 fully saturated rings. The zero-order valence-electron chi connectivity index (χ0n) is 17.8. The number of hydrogen-bond donors (Lipinski definition) is 2. The van der Waals surface area contributed by atoms with Crippen LogP contribution >= 0.6 is 0 Å². The molecule has 0 amide bonds. The van der Waals surface area contributed by atoms with E-state index < -0.39 is 11.6 Å². The molecule has 1 saturated heterocycles. The van der Waals surface area contributed by atoms with Crippen molar-refractivity contribution in [1.29, 1.82) is 0 Å². The van der Waals surface area contributed by atoms with Crippen LogP contribution in [0.15, 0.2) is 23.0 Å². The molecule has 0 aliphatic carbocycles. The van der Waals surface area contributed by atoms with Crippen molar-refractivity contribution in [3.63, 3.8) is 0 Å². The van der Waals surface area contributed by atoms with Crippen LogP contribution in [0.4, 0.5) is 4.39 Å². The average molecular weight is 435 g/mol. The van der Waals surface area contributed by atoms with Crippen molar-refractivity contribution in [2.45, 2.75) is 51.5 Å². The number of aryl methyl sites for hydroxylation is 1. The van der Waals surface area contributed by atoms with Gasteiger partial charge in [0, 0.05) is 28.6 Å². The van der Waals surface area contributed by atoms with Crippen molar-refractivity contribution in [3.8, 4) is 11.4 Å². The molecule has 3 aliphatic heterocycles. The number of nitrogens with one attached hydrogen (secondary N) is 1. The van der Waals surface area contributed by atoms with E-state index in [1.54, 1.807) is 24.5 Å². The van der Waals surface area contributed by atoms with Crippen LogP contribution in [0.3, 0.4) is 0 Å². The summed E-state index contributed by atoms with van der Waals surface area (Å²) in [7, 11) is 0. The molecule has 8 heteroatoms. The van der Waals surface area contributed by atoms with E-state index in [1.807, 2.05) is 6.07 Å². The summed E-state index contributed by atoms with van der Waals surface area (Å²) in [4.78, 5) is 30.5. The third kappa shape index (κ3) is 2.39. The Morgan fingerprint density at radius 1 is 1.31 bits per heavy atom. The van der Waals surface area contributed by atoms with Crippen LogP contribution in [0.25, 0.3) is 22.3 Å². The molecule has 164 valence electrons. The van der Waals surface area contributed by atoms with Gasteiger partial charge in [0.2, 0.25) is 0 Å². The molecule has 0 unspecified atom stereocenters. The number of benzene rings is 1. The number of pyridine rings is 2. The van der Waals surface area contributed by atoms with Gasteiger partial charge < -0.3 is 19.7 Å². The Kier molecular flexibility index (Phi) is 3.95. The van der Waals surface area contributed by atoms with Crippen molar-refractivity contribution in [2.24, 2.45) is 0 Å². The highest BCUT2D eigenvalue weighted by Gasteiger charge is 2.45. The Hall–Kier alpha value is -3.10. The fourth-order valence-electron chi connectivity index (χ4n) is 5.17. The number of aromatic nitrogens is 2. The molecule has 0 saturated carbocycles. The predicted molar refractivity (Wildman–Crippen MR) is 115 cm³/mol. The molecule has 32 heavy (non-hydrogen) atoms. The fraction of sp³-hybridized carbons (Fsp3) is 0.375. The largest absolute Gasteiger partial charge is 0.458 e. The van der Waals surface area contributed by atoms with Crippen LogP contribution in [-0.4, -0.2) is 27.2 Å². The molecule has 6 rings (SSSR count). The first-order valence-corrected chi connectivity index (χ1v) is 10.9. The zero-order valence-corrected chi connectivity index (χ0v) is 17.8. The Bertz CT molecular complexity index is 1410. The quantitative estimate of drug-likeness (QED) is 0.470. The number of nitrogens with zero attached hydrogens (tertiary/aromatic N) is 2. The van der Waals surface area contributed by atoms with Gasteiger partial charge in [-0.2, -0.15) is 0 Å². The molecule has 0 spiro atoms. The molecule has 2 aromatic heterocycles. The molecular weight excluding hydrogens is 413 g/mol. The van der Waals surface area contributed by atoms with Crippen LogP contribution < -0.4 is 10.9 Å². The van der Waals surface area contributed by atoms with E-state index in [1.165, 1.54) is 6.07 Å². The van der Waals surface area contributed by atoms with Crippen LogP contribution in [0.5, 0.6) is 0 Å². The lowest BCUT2D eigenvalue weighted by Crippen LogP contribution is -2.44. The van der Waals surface area contributed by atoms with Crippen LogP contribution in [0.1, 0.15) is 53.6 Å². The molecule has 0 radical (unpaired) electrons. The lowest BCUT2D eigenvalue weighted by atomic mass is 9.85. The van der Waals surface area contributed by atoms with Crippen molar-refractivity contribution in [3.05, 3.63) is 62.2 Å². The van der Waals surface area contributed by atoms with Gasteiger partial charge in [0.15, 0.2) is 5.60 Å². The minimum Gasteiger partial charge on any atom is -0.458 e. The molecule has 2 atom stereocenters. The monoisotopic (exact) mass is 435 g/mol. The van der Waals surface area contributed by atoms with E-state index in [4.69, 9.17) is 9.72 Å². The summed E-state index contributed by atoms with van der Waals surface area (Å²) in [6.07, 6.45) is 1.03. The number of carbonyl (C=O) groups excluding carboxylic acids is 1. The van der Waals surface area contributed by atoms with Gasteiger partial charge in [-0.1, -0.05) is 6.92 Å². The lowest BCUT2D eigenvalue weighted by molar-refractivity contribution is -0.172. The van der Waals surface area contributed by atoms with Gasteiger partial charge in [0.1, 0.15) is 12.4 Å². The van der Waals surface area contributed by atoms with Crippen molar-refractivity contribution < 1.29 is 19.0 Å². The molecule has 5 heterocycles. The van der Waals surface area contributed by atoms with E-state index in [-0.39, 0.29) is 36.0 Å². The fourth-order valence-corrected chi connectivity index (χ4v) is 5.17. The van der Waals surface area contributed by atoms with Crippen molar-refractivity contribution in [1.82, 2.24) is 14.9 Å². The summed E-state index contributed by atoms with van der Waals surface area (Å²) in [5, 5.41) is 15.3. The Morgan fingerprint density at radius 2 is 2.09 bits per heavy atom. The SMILES string of the molecule is CC[C@@]1(O)C(=O)OCc2c1cc1n(c2=O)Cc2c-1nc1cc(F)c(C)cc1c2[C@H]1CCN1. The number of cyclic esters (lactones) is 1. The van der Waals surface area contributed by atoms with Gasteiger partial charge in [-0.15, -0.1) is 0 Å². The van der Waals surface area contributed by atoms with Gasteiger partial charge in [-0.05, 0) is 49.6 Å². The second-order valence-electron chi connectivity index (χ2n) is 8.87. The maximum Gasteiger partial charge on any atom is 0.343 e. The molecular formula is C24H22FN3O4. The highest BCUT2D eigenvalue weighted by Crippen LogP contribution is 2.43. The number of hydrogen-bond acceptors (Lipinski definition) is 6. The first-order valence-electron chi connectivity index (χ1n) is 10.9. The molecule has 3 aliphatic rings. The van der Waals surface area contributed by atoms with E-state index in [9.17, 15) is 19.1 Å². The average Bonchev–Trinajstić information content (AvgIpc) is 3.10. The van der Waals surface area contributed by atoms with Crippen LogP contribution in [-0.2, 0) is 28.3 Å². The number of fused-ring (bicyclic) bond motifs is 5. The maximum atomic E-state index is 14.4. The Balaban J connectivity index is 1.67. The highest BCUT2D eigenvalue weighted by atomic mass is 19.1. The topological polar surface area (TPSA) is 93.5 Å². The van der Waals surface area contributed by atoms with Crippen LogP contribution in [0, 0.1) is 12.7 Å². The van der Waals surface area contributed by atoms with Crippen LogP contribution in [0.2, 0.25) is 0 Å². The number of halogens is 1. The third-order valence-corrected chi connectivity index (χ3v) is 7.18. The van der Waals surface area contributed by atoms with E-state index in [2.05, 4.69) is 5.32 Å². The Morgan fingerprint density at radius 3 is 2.78 bits per heavy atom. The van der Waals surface area contributed by atoms with Crippen molar-refractivity contribution >= 4 is 16.9 Å². The van der Waals surface area contributed by atoms with E-state index >= 15 is 0 Å². The minimum atomic E-state index is -1.87. The van der Waals surface area contributed by atoms with Crippen molar-refractivity contribution in [2.75, 3.05) is 6.54 Å². The maximum absolute atomic E-state index is 14.4. The second-order valence-corrected chi connectivity index (χ2v) is 8.87. The number of esters is 1. The van der Waals surface area contributed by atoms with Gasteiger partial charge in [-0.3, -0.25) is 4.79 Å². The molecule has 0 bridgehead atoms. The standard InChI is InChI=1S/C24H22FN3O4/c1-3-24(31)15-7-19-21-13(9-28(19)22(29)14(15)10-32-23(24)30)20(17-4-5-26-17)12-6-11(2)16(25)8-18(12)27-21/h6-8,17,26,31H,3-5,9-10H2,1-2H3/t17-,24+/m1/s1. The van der Waals surface area contributed by atoms with Gasteiger partial charge in [0.05, 0.1) is 29.0 Å². The summed E-state index contributed by atoms with van der Waals surface area (Å²) >= 11 is 0. The Labute approximate surface area is 182 Å². The summed E-state index contributed by atoms with van der Waals surface area (Å²) in [6, 6.07) is 5.06. The first kappa shape index (κ1) is 19.6. The molecule has 2 N–H and O–H groups in total. The third-order valence-electron chi connectivity index (χ3n) is 7.18. The number of ether oxygens (including phenoxy) is 1. The molecule has 7 nitrogen and oxygen atoms in total. The molecule has 1 aromatic carbocycles. The summed E-state index contributed by atoms with van der Waals surface area (Å²) in [5.41, 5.74) is 2.57. The van der Waals surface area contributed by atoms with E-state index in [0.717, 1.165) is 29.5 Å². The normalized spacial score (nSPS) is 23.4. The zero-order chi connectivity index (χ0) is 22.4. The highest BCUT2D eigenvalue weighted by molar-refractivity contribution is 5.90. The predicted octanol–water partition coefficient (Wildman–Crippen LogP) is 2.56. The summed E-state index contributed by atoms with van der Waals surface area (Å²) in [5.74, 6) is -1.08. The number of aliphatic hydroxyl groups is 1. The second kappa shape index (κ2) is 6.46. The van der Waals surface area contributed by atoms with Gasteiger partial charge >= 0.3 is 5.97 Å². The molecule has 3 aromatic rings. The number of carbonyl (C=O) groups is 1. The lowest BCUT2D eigenvalue weighted by Gasteiger charge is -2.31. The van der Waals surface area contributed by atoms with Gasteiger partial charge in [-0.25, -0.2) is 14.2 Å². The van der Waals surface area contributed by atoms with Gasteiger partial charge in [0.25, 0.3) is 5.56 Å². The van der Waals surface area contributed by atoms with E-state index in [0.29, 0.717) is 34.6 Å². The summed E-state index contributed by atoms with van der Waals surface area (Å²) < 4.78 is 21.2. The first-order chi connectivity index (χ1) is 15.3. The number of rotatable bonds is 2. The minimum absolute atomic E-state index is 0.0848.